The van der Waals surface area contributed by atoms with E-state index in [1.54, 1.807) is 12.1 Å². The zero-order valence-electron chi connectivity index (χ0n) is 23.7. The van der Waals surface area contributed by atoms with Crippen LogP contribution in [0.2, 0.25) is 0 Å². The average Bonchev–Trinajstić information content (AvgIpc) is 3.37. The third kappa shape index (κ3) is 7.00. The lowest BCUT2D eigenvalue weighted by Crippen LogP contribution is -2.37. The normalized spacial score (nSPS) is 13.4. The number of nitrogens with zero attached hydrogens (tertiary/aromatic N) is 5. The molecule has 11 heteroatoms. The van der Waals surface area contributed by atoms with Crippen LogP contribution in [-0.2, 0) is 18.3 Å². The predicted molar refractivity (Wildman–Crippen MR) is 160 cm³/mol. The first-order chi connectivity index (χ1) is 19.9. The van der Waals surface area contributed by atoms with Gasteiger partial charge in [-0.05, 0) is 62.1 Å². The smallest absolute Gasteiger partial charge is 0.319 e. The zero-order valence-corrected chi connectivity index (χ0v) is 23.7. The van der Waals surface area contributed by atoms with Crippen molar-refractivity contribution in [2.75, 3.05) is 63.7 Å². The molecule has 0 bridgehead atoms. The van der Waals surface area contributed by atoms with Crippen molar-refractivity contribution in [3.63, 3.8) is 0 Å². The van der Waals surface area contributed by atoms with Gasteiger partial charge in [-0.3, -0.25) is 4.79 Å². The standard InChI is InChI=1S/C30H36N8O3/c1-36(2)15-13-31-29(39)23-6-4-21(5-7-23)20-32-30(40)33-24-10-8-22(9-11-24)27-34-25-12-14-37(3)26(25)28(35-27)38-16-18-41-19-17-38/h4-12,14H,13,15-20H2,1-3H3,(H,31,39)(H2,32,33,40). The van der Waals surface area contributed by atoms with Crippen LogP contribution in [0.5, 0.6) is 0 Å². The third-order valence-corrected chi connectivity index (χ3v) is 6.93. The van der Waals surface area contributed by atoms with E-state index in [1.165, 1.54) is 0 Å². The van der Waals surface area contributed by atoms with Gasteiger partial charge < -0.3 is 35.1 Å². The summed E-state index contributed by atoms with van der Waals surface area (Å²) in [5, 5.41) is 8.61. The monoisotopic (exact) mass is 556 g/mol. The van der Waals surface area contributed by atoms with Crippen LogP contribution in [0.15, 0.2) is 60.8 Å². The predicted octanol–water partition coefficient (Wildman–Crippen LogP) is 3.09. The molecule has 1 fully saturated rings. The van der Waals surface area contributed by atoms with E-state index in [1.807, 2.05) is 79.3 Å². The Hall–Kier alpha value is -4.48. The Bertz CT molecular complexity index is 1490. The molecule has 3 heterocycles. The molecule has 3 N–H and O–H groups in total. The van der Waals surface area contributed by atoms with Crippen molar-refractivity contribution in [2.24, 2.45) is 7.05 Å². The minimum atomic E-state index is -0.320. The Labute approximate surface area is 239 Å². The Kier molecular flexibility index (Phi) is 8.76. The van der Waals surface area contributed by atoms with Crippen molar-refractivity contribution in [3.8, 4) is 11.4 Å². The number of fused-ring (bicyclic) bond motifs is 1. The summed E-state index contributed by atoms with van der Waals surface area (Å²) < 4.78 is 7.58. The van der Waals surface area contributed by atoms with Gasteiger partial charge in [0.05, 0.1) is 18.7 Å². The van der Waals surface area contributed by atoms with Crippen LogP contribution in [0, 0.1) is 0 Å². The van der Waals surface area contributed by atoms with Gasteiger partial charge in [0, 0.05) is 62.8 Å². The van der Waals surface area contributed by atoms with Crippen LogP contribution in [0.4, 0.5) is 16.3 Å². The number of benzene rings is 2. The quantitative estimate of drug-likeness (QED) is 0.290. The minimum Gasteiger partial charge on any atom is -0.378 e. The number of ether oxygens (including phenoxy) is 1. The number of aromatic nitrogens is 3. The highest BCUT2D eigenvalue weighted by atomic mass is 16.5. The number of aryl methyl sites for hydroxylation is 1. The zero-order chi connectivity index (χ0) is 28.8. The van der Waals surface area contributed by atoms with E-state index in [0.717, 1.165) is 47.6 Å². The molecule has 0 aliphatic carbocycles. The molecule has 5 rings (SSSR count). The van der Waals surface area contributed by atoms with Gasteiger partial charge in [-0.2, -0.15) is 0 Å². The molecule has 41 heavy (non-hydrogen) atoms. The highest BCUT2D eigenvalue weighted by molar-refractivity contribution is 5.94. The van der Waals surface area contributed by atoms with E-state index in [4.69, 9.17) is 14.7 Å². The molecule has 4 aromatic rings. The van der Waals surface area contributed by atoms with Crippen LogP contribution >= 0.6 is 0 Å². The van der Waals surface area contributed by atoms with Crippen molar-refractivity contribution in [3.05, 3.63) is 71.9 Å². The molecule has 0 radical (unpaired) electrons. The Morgan fingerprint density at radius 1 is 0.951 bits per heavy atom. The number of amides is 3. The molecule has 3 amide bonds. The molecular weight excluding hydrogens is 520 g/mol. The largest absolute Gasteiger partial charge is 0.378 e. The number of morpholine rings is 1. The molecule has 0 spiro atoms. The fourth-order valence-electron chi connectivity index (χ4n) is 4.63. The Morgan fingerprint density at radius 2 is 1.68 bits per heavy atom. The summed E-state index contributed by atoms with van der Waals surface area (Å²) in [6.07, 6.45) is 2.00. The maximum absolute atomic E-state index is 12.5. The molecule has 2 aromatic carbocycles. The van der Waals surface area contributed by atoms with Crippen LogP contribution in [0.25, 0.3) is 22.4 Å². The summed E-state index contributed by atoms with van der Waals surface area (Å²) in [4.78, 5) is 38.8. The maximum Gasteiger partial charge on any atom is 0.319 e. The molecule has 1 aliphatic heterocycles. The number of carbonyl (C=O) groups is 2. The SMILES string of the molecule is CN(C)CCNC(=O)c1ccc(CNC(=O)Nc2ccc(-c3nc(N4CCOCC4)c4c(ccn4C)n3)cc2)cc1. The van der Waals surface area contributed by atoms with Gasteiger partial charge in [-0.25, -0.2) is 14.8 Å². The second-order valence-corrected chi connectivity index (χ2v) is 10.3. The summed E-state index contributed by atoms with van der Waals surface area (Å²) in [6, 6.07) is 16.4. The summed E-state index contributed by atoms with van der Waals surface area (Å²) in [7, 11) is 5.92. The minimum absolute atomic E-state index is 0.112. The molecule has 1 saturated heterocycles. The van der Waals surface area contributed by atoms with Crippen LogP contribution in [0.1, 0.15) is 15.9 Å². The number of rotatable bonds is 9. The molecule has 214 valence electrons. The van der Waals surface area contributed by atoms with Gasteiger partial charge in [-0.1, -0.05) is 12.1 Å². The van der Waals surface area contributed by atoms with Gasteiger partial charge in [0.2, 0.25) is 0 Å². The highest BCUT2D eigenvalue weighted by Crippen LogP contribution is 2.29. The molecule has 2 aromatic heterocycles. The Morgan fingerprint density at radius 3 is 2.39 bits per heavy atom. The summed E-state index contributed by atoms with van der Waals surface area (Å²) >= 11 is 0. The molecule has 0 atom stereocenters. The number of anilines is 2. The highest BCUT2D eigenvalue weighted by Gasteiger charge is 2.20. The molecule has 1 aliphatic rings. The van der Waals surface area contributed by atoms with E-state index in [2.05, 4.69) is 20.9 Å². The van der Waals surface area contributed by atoms with E-state index < -0.39 is 0 Å². The van der Waals surface area contributed by atoms with E-state index in [0.29, 0.717) is 43.4 Å². The van der Waals surface area contributed by atoms with Crippen molar-refractivity contribution >= 4 is 34.5 Å². The van der Waals surface area contributed by atoms with E-state index in [9.17, 15) is 9.59 Å². The maximum atomic E-state index is 12.5. The number of urea groups is 1. The van der Waals surface area contributed by atoms with E-state index in [-0.39, 0.29) is 11.9 Å². The van der Waals surface area contributed by atoms with Gasteiger partial charge in [0.15, 0.2) is 11.6 Å². The van der Waals surface area contributed by atoms with Crippen LogP contribution < -0.4 is 20.9 Å². The molecule has 0 saturated carbocycles. The Balaban J connectivity index is 1.18. The lowest BCUT2D eigenvalue weighted by Gasteiger charge is -2.28. The van der Waals surface area contributed by atoms with Gasteiger partial charge in [-0.15, -0.1) is 0 Å². The average molecular weight is 557 g/mol. The lowest BCUT2D eigenvalue weighted by atomic mass is 10.1. The molecular formula is C30H36N8O3. The van der Waals surface area contributed by atoms with Crippen molar-refractivity contribution in [2.45, 2.75) is 6.54 Å². The van der Waals surface area contributed by atoms with E-state index >= 15 is 0 Å². The lowest BCUT2D eigenvalue weighted by molar-refractivity contribution is 0.0951. The fraction of sp³-hybridized carbons (Fsp3) is 0.333. The summed E-state index contributed by atoms with van der Waals surface area (Å²) in [5.41, 5.74) is 4.89. The molecule has 11 nitrogen and oxygen atoms in total. The number of likely N-dealkylation sites (N-methyl/N-ethyl adjacent to an activating group) is 1. The third-order valence-electron chi connectivity index (χ3n) is 6.93. The summed E-state index contributed by atoms with van der Waals surface area (Å²) in [5.74, 6) is 1.43. The topological polar surface area (TPSA) is 117 Å². The number of hydrogen-bond donors (Lipinski definition) is 3. The van der Waals surface area contributed by atoms with Crippen molar-refractivity contribution < 1.29 is 14.3 Å². The second kappa shape index (κ2) is 12.8. The number of carbonyl (C=O) groups excluding carboxylic acids is 2. The van der Waals surface area contributed by atoms with Crippen molar-refractivity contribution in [1.29, 1.82) is 0 Å². The van der Waals surface area contributed by atoms with Gasteiger partial charge in [0.1, 0.15) is 5.52 Å². The van der Waals surface area contributed by atoms with Crippen LogP contribution in [0.3, 0.4) is 0 Å². The second-order valence-electron chi connectivity index (χ2n) is 10.3. The van der Waals surface area contributed by atoms with Crippen molar-refractivity contribution in [1.82, 2.24) is 30.1 Å². The number of nitrogens with one attached hydrogen (secondary N) is 3. The first-order valence-electron chi connectivity index (χ1n) is 13.7. The first-order valence-corrected chi connectivity index (χ1v) is 13.7. The van der Waals surface area contributed by atoms with Gasteiger partial charge >= 0.3 is 6.03 Å². The van der Waals surface area contributed by atoms with Gasteiger partial charge in [0.25, 0.3) is 5.91 Å². The molecule has 0 unspecified atom stereocenters. The fourth-order valence-corrected chi connectivity index (χ4v) is 4.63. The first kappa shape index (κ1) is 28.1. The van der Waals surface area contributed by atoms with Crippen LogP contribution in [-0.4, -0.2) is 84.9 Å². The summed E-state index contributed by atoms with van der Waals surface area (Å²) in [6.45, 7) is 4.61. The number of hydrogen-bond acceptors (Lipinski definition) is 7.